The number of ether oxygens (including phenoxy) is 1. The third-order valence-electron chi connectivity index (χ3n) is 2.86. The number of pyridine rings is 1. The number of hydrogen-bond acceptors (Lipinski definition) is 4. The van der Waals surface area contributed by atoms with Gasteiger partial charge < -0.3 is 10.1 Å². The zero-order valence-corrected chi connectivity index (χ0v) is 12.0. The van der Waals surface area contributed by atoms with Gasteiger partial charge in [0.25, 0.3) is 0 Å². The van der Waals surface area contributed by atoms with Crippen molar-refractivity contribution < 1.29 is 4.74 Å². The van der Waals surface area contributed by atoms with Crippen LogP contribution in [0.15, 0.2) is 30.3 Å². The summed E-state index contributed by atoms with van der Waals surface area (Å²) in [6, 6.07) is 11.0. The molecule has 1 N–H and O–H groups in total. The van der Waals surface area contributed by atoms with Crippen LogP contribution in [0.4, 0.5) is 5.82 Å². The normalized spacial score (nSPS) is 9.90. The Bertz CT molecular complexity index is 665. The summed E-state index contributed by atoms with van der Waals surface area (Å²) in [7, 11) is 1.79. The molecule has 0 unspecified atom stereocenters. The monoisotopic (exact) mass is 287 g/mol. The van der Waals surface area contributed by atoms with Crippen LogP contribution in [0.2, 0.25) is 5.02 Å². The first kappa shape index (κ1) is 14.2. The lowest BCUT2D eigenvalue weighted by atomic mass is 10.1. The Morgan fingerprint density at radius 2 is 2.15 bits per heavy atom. The fraction of sp³-hybridized carbons (Fsp3) is 0.200. The van der Waals surface area contributed by atoms with E-state index in [1.807, 2.05) is 13.0 Å². The number of nitrogens with one attached hydrogen (secondary N) is 1. The summed E-state index contributed by atoms with van der Waals surface area (Å²) in [5, 5.41) is 12.4. The van der Waals surface area contributed by atoms with Crippen LogP contribution in [0.1, 0.15) is 16.8 Å². The van der Waals surface area contributed by atoms with Gasteiger partial charge >= 0.3 is 0 Å². The predicted molar refractivity (Wildman–Crippen MR) is 79.0 cm³/mol. The van der Waals surface area contributed by atoms with Crippen molar-refractivity contribution in [2.45, 2.75) is 13.5 Å². The number of nitrogens with zero attached hydrogens (tertiary/aromatic N) is 2. The Morgan fingerprint density at radius 1 is 1.35 bits per heavy atom. The minimum absolute atomic E-state index is 0.254. The highest BCUT2D eigenvalue weighted by molar-refractivity contribution is 6.31. The minimum atomic E-state index is 0.254. The summed E-state index contributed by atoms with van der Waals surface area (Å²) in [5.74, 6) is 1.40. The highest BCUT2D eigenvalue weighted by Crippen LogP contribution is 2.22. The summed E-state index contributed by atoms with van der Waals surface area (Å²) in [5.41, 5.74) is 2.18. The maximum atomic E-state index is 8.90. The molecule has 2 aromatic rings. The quantitative estimate of drug-likeness (QED) is 0.934. The molecule has 0 aliphatic heterocycles. The van der Waals surface area contributed by atoms with Crippen molar-refractivity contribution >= 4 is 17.4 Å². The number of rotatable bonds is 4. The topological polar surface area (TPSA) is 57.9 Å². The Hall–Kier alpha value is -2.25. The van der Waals surface area contributed by atoms with Crippen LogP contribution < -0.4 is 10.1 Å². The van der Waals surface area contributed by atoms with Crippen LogP contribution in [0.25, 0.3) is 0 Å². The first-order chi connectivity index (χ1) is 9.63. The van der Waals surface area contributed by atoms with E-state index >= 15 is 0 Å². The van der Waals surface area contributed by atoms with Crippen LogP contribution in [-0.2, 0) is 6.61 Å². The molecule has 1 aromatic carbocycles. The summed E-state index contributed by atoms with van der Waals surface area (Å²) in [6.07, 6.45) is 0. The zero-order chi connectivity index (χ0) is 14.5. The molecule has 0 fully saturated rings. The smallest absolute Gasteiger partial charge is 0.132 e. The first-order valence-corrected chi connectivity index (χ1v) is 6.48. The summed E-state index contributed by atoms with van der Waals surface area (Å²) in [6.45, 7) is 2.18. The average molecular weight is 288 g/mol. The Balaban J connectivity index is 2.18. The van der Waals surface area contributed by atoms with E-state index in [4.69, 9.17) is 21.6 Å². The number of aryl methyl sites for hydroxylation is 1. The molecule has 0 aliphatic carbocycles. The maximum Gasteiger partial charge on any atom is 0.132 e. The van der Waals surface area contributed by atoms with Gasteiger partial charge in [-0.2, -0.15) is 5.26 Å². The molecule has 20 heavy (non-hydrogen) atoms. The van der Waals surface area contributed by atoms with Gasteiger partial charge in [0.2, 0.25) is 0 Å². The largest absolute Gasteiger partial charge is 0.487 e. The van der Waals surface area contributed by atoms with Gasteiger partial charge in [-0.3, -0.25) is 0 Å². The Labute approximate surface area is 123 Å². The van der Waals surface area contributed by atoms with E-state index in [0.717, 1.165) is 11.4 Å². The standard InChI is InChI=1S/C15H14ClN3O/c1-10-3-4-11(8-17)7-14(10)20-9-13-12(16)5-6-15(18-2)19-13/h3-7H,9H2,1-2H3,(H,18,19). The Kier molecular flexibility index (Phi) is 4.44. The molecular formula is C15H14ClN3O. The molecule has 0 saturated heterocycles. The van der Waals surface area contributed by atoms with Crippen molar-refractivity contribution in [2.75, 3.05) is 12.4 Å². The highest BCUT2D eigenvalue weighted by atomic mass is 35.5. The van der Waals surface area contributed by atoms with Crippen molar-refractivity contribution in [3.05, 3.63) is 52.2 Å². The molecule has 0 saturated carbocycles. The minimum Gasteiger partial charge on any atom is -0.487 e. The van der Waals surface area contributed by atoms with Crippen molar-refractivity contribution in [1.82, 2.24) is 4.98 Å². The lowest BCUT2D eigenvalue weighted by molar-refractivity contribution is 0.299. The SMILES string of the molecule is CNc1ccc(Cl)c(COc2cc(C#N)ccc2C)n1. The molecule has 5 heteroatoms. The summed E-state index contributed by atoms with van der Waals surface area (Å²) < 4.78 is 5.72. The molecule has 0 atom stereocenters. The van der Waals surface area contributed by atoms with Gasteiger partial charge in [-0.05, 0) is 36.8 Å². The molecule has 0 radical (unpaired) electrons. The van der Waals surface area contributed by atoms with Gasteiger partial charge in [-0.1, -0.05) is 17.7 Å². The van der Waals surface area contributed by atoms with Crippen molar-refractivity contribution in [3.63, 3.8) is 0 Å². The number of halogens is 1. The second-order valence-corrected chi connectivity index (χ2v) is 4.66. The van der Waals surface area contributed by atoms with Crippen molar-refractivity contribution in [3.8, 4) is 11.8 Å². The lowest BCUT2D eigenvalue weighted by Gasteiger charge is -2.11. The van der Waals surface area contributed by atoms with Gasteiger partial charge in [0.1, 0.15) is 18.2 Å². The fourth-order valence-electron chi connectivity index (χ4n) is 1.70. The number of anilines is 1. The van der Waals surface area contributed by atoms with Crippen LogP contribution in [0.5, 0.6) is 5.75 Å². The maximum absolute atomic E-state index is 8.90. The molecule has 0 amide bonds. The molecule has 1 aromatic heterocycles. The third kappa shape index (κ3) is 3.19. The van der Waals surface area contributed by atoms with Crippen LogP contribution >= 0.6 is 11.6 Å². The molecule has 0 spiro atoms. The van der Waals surface area contributed by atoms with Gasteiger partial charge in [-0.15, -0.1) is 0 Å². The van der Waals surface area contributed by atoms with Crippen LogP contribution in [0, 0.1) is 18.3 Å². The summed E-state index contributed by atoms with van der Waals surface area (Å²) in [4.78, 5) is 4.35. The van der Waals surface area contributed by atoms with Crippen molar-refractivity contribution in [2.24, 2.45) is 0 Å². The van der Waals surface area contributed by atoms with E-state index in [1.165, 1.54) is 0 Å². The van der Waals surface area contributed by atoms with E-state index in [0.29, 0.717) is 22.0 Å². The third-order valence-corrected chi connectivity index (χ3v) is 3.20. The summed E-state index contributed by atoms with van der Waals surface area (Å²) >= 11 is 6.10. The van der Waals surface area contributed by atoms with E-state index in [9.17, 15) is 0 Å². The average Bonchev–Trinajstić information content (AvgIpc) is 2.48. The second-order valence-electron chi connectivity index (χ2n) is 4.26. The first-order valence-electron chi connectivity index (χ1n) is 6.10. The van der Waals surface area contributed by atoms with E-state index in [-0.39, 0.29) is 6.61 Å². The fourth-order valence-corrected chi connectivity index (χ4v) is 1.86. The molecule has 1 heterocycles. The van der Waals surface area contributed by atoms with Crippen molar-refractivity contribution in [1.29, 1.82) is 5.26 Å². The molecule has 2 rings (SSSR count). The lowest BCUT2D eigenvalue weighted by Crippen LogP contribution is -2.03. The molecule has 4 nitrogen and oxygen atoms in total. The van der Waals surface area contributed by atoms with E-state index in [1.54, 1.807) is 31.3 Å². The van der Waals surface area contributed by atoms with Gasteiger partial charge in [0, 0.05) is 7.05 Å². The van der Waals surface area contributed by atoms with E-state index < -0.39 is 0 Å². The zero-order valence-electron chi connectivity index (χ0n) is 11.3. The molecule has 0 aliphatic rings. The molecule has 102 valence electrons. The number of nitriles is 1. The second kappa shape index (κ2) is 6.27. The Morgan fingerprint density at radius 3 is 2.85 bits per heavy atom. The highest BCUT2D eigenvalue weighted by Gasteiger charge is 2.07. The number of aromatic nitrogens is 1. The predicted octanol–water partition coefficient (Wildman–Crippen LogP) is 3.54. The van der Waals surface area contributed by atoms with Gasteiger partial charge in [0.05, 0.1) is 22.3 Å². The van der Waals surface area contributed by atoms with E-state index in [2.05, 4.69) is 16.4 Å². The molecular weight excluding hydrogens is 274 g/mol. The number of hydrogen-bond donors (Lipinski definition) is 1. The number of benzene rings is 1. The van der Waals surface area contributed by atoms with Crippen LogP contribution in [0.3, 0.4) is 0 Å². The molecule has 0 bridgehead atoms. The van der Waals surface area contributed by atoms with Gasteiger partial charge in [-0.25, -0.2) is 4.98 Å². The van der Waals surface area contributed by atoms with Gasteiger partial charge in [0.15, 0.2) is 0 Å². The van der Waals surface area contributed by atoms with Crippen LogP contribution in [-0.4, -0.2) is 12.0 Å².